The summed E-state index contributed by atoms with van der Waals surface area (Å²) in [6.45, 7) is 3.17. The molecule has 0 bridgehead atoms. The average molecular weight is 360 g/mol. The Morgan fingerprint density at radius 1 is 1.12 bits per heavy atom. The van der Waals surface area contributed by atoms with E-state index in [-0.39, 0.29) is 25.5 Å². The highest BCUT2D eigenvalue weighted by molar-refractivity contribution is 6.17. The number of rotatable bonds is 6. The number of nitrogens with zero attached hydrogens (tertiary/aromatic N) is 3. The van der Waals surface area contributed by atoms with Crippen LogP contribution in [-0.4, -0.2) is 78.2 Å². The predicted octanol–water partition coefficient (Wildman–Crippen LogP) is -0.412. The molecule has 3 N–H and O–H groups in total. The van der Waals surface area contributed by atoms with Crippen molar-refractivity contribution in [1.29, 1.82) is 0 Å². The largest absolute Gasteiger partial charge is 0.395 e. The van der Waals surface area contributed by atoms with Gasteiger partial charge >= 0.3 is 0 Å². The summed E-state index contributed by atoms with van der Waals surface area (Å²) < 4.78 is 0. The Morgan fingerprint density at radius 3 is 2.50 bits per heavy atom. The normalized spacial score (nSPS) is 18.5. The van der Waals surface area contributed by atoms with Gasteiger partial charge in [0, 0.05) is 32.3 Å². The molecule has 8 nitrogen and oxygen atoms in total. The van der Waals surface area contributed by atoms with Crippen LogP contribution in [0.15, 0.2) is 30.0 Å². The van der Waals surface area contributed by atoms with Gasteiger partial charge in [0.1, 0.15) is 5.70 Å². The lowest BCUT2D eigenvalue weighted by Gasteiger charge is -2.35. The summed E-state index contributed by atoms with van der Waals surface area (Å²) in [6.07, 6.45) is 1.25. The zero-order chi connectivity index (χ0) is 18.7. The molecule has 1 fully saturated rings. The molecule has 0 aliphatic carbocycles. The van der Waals surface area contributed by atoms with Crippen LogP contribution < -0.4 is 10.2 Å². The van der Waals surface area contributed by atoms with Crippen LogP contribution in [0, 0.1) is 0 Å². The van der Waals surface area contributed by atoms with Crippen molar-refractivity contribution in [3.05, 3.63) is 35.5 Å². The minimum absolute atomic E-state index is 0.0264. The first kappa shape index (κ1) is 18.4. The topological polar surface area (TPSA) is 96.3 Å². The van der Waals surface area contributed by atoms with Crippen molar-refractivity contribution in [2.75, 3.05) is 56.6 Å². The molecule has 2 aliphatic heterocycles. The van der Waals surface area contributed by atoms with Crippen molar-refractivity contribution >= 4 is 23.2 Å². The van der Waals surface area contributed by atoms with Gasteiger partial charge in [-0.25, -0.2) is 0 Å². The lowest BCUT2D eigenvalue weighted by molar-refractivity contribution is -0.137. The number of β-amino-alcohol motifs (C(OH)–C–C–N with tert-alkyl or cyclic N) is 1. The van der Waals surface area contributed by atoms with Crippen LogP contribution in [0.25, 0.3) is 0 Å². The van der Waals surface area contributed by atoms with Crippen molar-refractivity contribution in [3.63, 3.8) is 0 Å². The molecule has 0 radical (unpaired) electrons. The maximum absolute atomic E-state index is 12.4. The number of hydrogen-bond acceptors (Lipinski definition) is 7. The minimum atomic E-state index is -0.456. The molecular formula is C18H24N4O4. The van der Waals surface area contributed by atoms with Gasteiger partial charge in [-0.2, -0.15) is 0 Å². The minimum Gasteiger partial charge on any atom is -0.395 e. The molecule has 2 amide bonds. The van der Waals surface area contributed by atoms with Gasteiger partial charge in [0.25, 0.3) is 11.8 Å². The number of piperazine rings is 1. The fourth-order valence-electron chi connectivity index (χ4n) is 3.16. The second-order valence-electron chi connectivity index (χ2n) is 6.50. The monoisotopic (exact) mass is 360 g/mol. The lowest BCUT2D eigenvalue weighted by Crippen LogP contribution is -2.44. The average Bonchev–Trinajstić information content (AvgIpc) is 2.90. The second kappa shape index (κ2) is 7.86. The summed E-state index contributed by atoms with van der Waals surface area (Å²) in [5.74, 6) is -0.895. The molecule has 2 aliphatic rings. The van der Waals surface area contributed by atoms with E-state index in [4.69, 9.17) is 5.11 Å². The van der Waals surface area contributed by atoms with E-state index in [1.807, 2.05) is 12.1 Å². The third kappa shape index (κ3) is 3.72. The summed E-state index contributed by atoms with van der Waals surface area (Å²) in [5, 5.41) is 21.5. The van der Waals surface area contributed by atoms with Crippen molar-refractivity contribution in [3.8, 4) is 0 Å². The summed E-state index contributed by atoms with van der Waals surface area (Å²) in [5.41, 5.74) is 2.50. The fourth-order valence-corrected chi connectivity index (χ4v) is 3.16. The molecule has 26 heavy (non-hydrogen) atoms. The van der Waals surface area contributed by atoms with E-state index in [1.54, 1.807) is 6.07 Å². The van der Waals surface area contributed by atoms with Crippen molar-refractivity contribution in [2.45, 2.75) is 6.61 Å². The highest BCUT2D eigenvalue weighted by Gasteiger charge is 2.31. The van der Waals surface area contributed by atoms with Crippen LogP contribution in [0.5, 0.6) is 0 Å². The zero-order valence-electron chi connectivity index (χ0n) is 14.8. The number of benzene rings is 1. The molecule has 0 aromatic heterocycles. The van der Waals surface area contributed by atoms with Crippen LogP contribution in [0.1, 0.15) is 5.56 Å². The Morgan fingerprint density at radius 2 is 1.85 bits per heavy atom. The highest BCUT2D eigenvalue weighted by Crippen LogP contribution is 2.30. The molecule has 0 saturated carbocycles. The Balaban J connectivity index is 1.85. The van der Waals surface area contributed by atoms with Gasteiger partial charge in [-0.3, -0.25) is 14.5 Å². The van der Waals surface area contributed by atoms with Gasteiger partial charge in [0.15, 0.2) is 0 Å². The molecule has 2 heterocycles. The summed E-state index contributed by atoms with van der Waals surface area (Å²) in [7, 11) is 2.08. The second-order valence-corrected chi connectivity index (χ2v) is 6.50. The first-order valence-corrected chi connectivity index (χ1v) is 8.66. The van der Waals surface area contributed by atoms with E-state index in [1.165, 1.54) is 6.08 Å². The van der Waals surface area contributed by atoms with Gasteiger partial charge in [0.2, 0.25) is 0 Å². The van der Waals surface area contributed by atoms with Gasteiger partial charge in [0.05, 0.1) is 31.1 Å². The molecule has 1 aromatic carbocycles. The van der Waals surface area contributed by atoms with E-state index in [0.29, 0.717) is 5.69 Å². The van der Waals surface area contributed by atoms with Crippen LogP contribution >= 0.6 is 0 Å². The molecule has 140 valence electrons. The zero-order valence-corrected chi connectivity index (χ0v) is 14.8. The first-order valence-electron chi connectivity index (χ1n) is 8.66. The molecule has 3 rings (SSSR count). The molecule has 8 heteroatoms. The smallest absolute Gasteiger partial charge is 0.277 e. The quantitative estimate of drug-likeness (QED) is 0.594. The predicted molar refractivity (Wildman–Crippen MR) is 97.6 cm³/mol. The van der Waals surface area contributed by atoms with Crippen LogP contribution in [0.4, 0.5) is 11.4 Å². The number of hydrogen-bond donors (Lipinski definition) is 3. The Hall–Kier alpha value is -2.42. The van der Waals surface area contributed by atoms with E-state index in [2.05, 4.69) is 22.2 Å². The summed E-state index contributed by atoms with van der Waals surface area (Å²) in [6, 6.07) is 5.57. The summed E-state index contributed by atoms with van der Waals surface area (Å²) in [4.78, 5) is 29.8. The first-order chi connectivity index (χ1) is 12.5. The Labute approximate surface area is 152 Å². The highest BCUT2D eigenvalue weighted by atomic mass is 16.3. The number of carbonyl (C=O) groups excluding carboxylic acids is 2. The van der Waals surface area contributed by atoms with E-state index >= 15 is 0 Å². The number of amides is 2. The number of nitrogens with one attached hydrogen (secondary N) is 1. The number of aliphatic hydroxyl groups is 2. The molecule has 0 spiro atoms. The Bertz CT molecular complexity index is 726. The SMILES string of the molecule is CN1CCN(c2ccc(CO)cc2NC2=CC(=O)N(CCO)C2=O)CC1. The third-order valence-electron chi connectivity index (χ3n) is 4.69. The van der Waals surface area contributed by atoms with Crippen LogP contribution in [0.2, 0.25) is 0 Å². The number of aliphatic hydroxyl groups excluding tert-OH is 2. The number of likely N-dealkylation sites (N-methyl/N-ethyl adjacent to an activating group) is 1. The van der Waals surface area contributed by atoms with Gasteiger partial charge < -0.3 is 25.3 Å². The summed E-state index contributed by atoms with van der Waals surface area (Å²) >= 11 is 0. The maximum Gasteiger partial charge on any atom is 0.277 e. The third-order valence-corrected chi connectivity index (χ3v) is 4.69. The van der Waals surface area contributed by atoms with Crippen LogP contribution in [0.3, 0.4) is 0 Å². The lowest BCUT2D eigenvalue weighted by atomic mass is 10.1. The van der Waals surface area contributed by atoms with E-state index in [9.17, 15) is 14.7 Å². The number of imide groups is 1. The Kier molecular flexibility index (Phi) is 5.55. The van der Waals surface area contributed by atoms with Crippen molar-refractivity contribution in [1.82, 2.24) is 9.80 Å². The number of carbonyl (C=O) groups is 2. The van der Waals surface area contributed by atoms with Crippen molar-refractivity contribution in [2.24, 2.45) is 0 Å². The molecule has 1 aromatic rings. The standard InChI is InChI=1S/C18H24N4O4/c1-20-4-6-21(7-5-20)16-3-2-13(12-24)10-14(16)19-15-11-17(25)22(8-9-23)18(15)26/h2-3,10-11,19,23-24H,4-9,12H2,1H3. The van der Waals surface area contributed by atoms with Gasteiger partial charge in [-0.1, -0.05) is 6.07 Å². The molecular weight excluding hydrogens is 336 g/mol. The molecule has 0 unspecified atom stereocenters. The molecule has 0 atom stereocenters. The van der Waals surface area contributed by atoms with Gasteiger partial charge in [-0.05, 0) is 24.7 Å². The maximum atomic E-state index is 12.4. The fraction of sp³-hybridized carbons (Fsp3) is 0.444. The van der Waals surface area contributed by atoms with Gasteiger partial charge in [-0.15, -0.1) is 0 Å². The van der Waals surface area contributed by atoms with E-state index in [0.717, 1.165) is 42.3 Å². The molecule has 1 saturated heterocycles. The van der Waals surface area contributed by atoms with Crippen LogP contribution in [-0.2, 0) is 16.2 Å². The van der Waals surface area contributed by atoms with Crippen molar-refractivity contribution < 1.29 is 19.8 Å². The van der Waals surface area contributed by atoms with E-state index < -0.39 is 11.8 Å². The number of anilines is 2.